The van der Waals surface area contributed by atoms with Crippen molar-refractivity contribution in [1.82, 2.24) is 0 Å². The van der Waals surface area contributed by atoms with Gasteiger partial charge in [-0.1, -0.05) is 19.6 Å². The topological polar surface area (TPSA) is 26.3 Å². The first-order chi connectivity index (χ1) is 6.88. The van der Waals surface area contributed by atoms with Crippen LogP contribution < -0.4 is 4.50 Å². The van der Waals surface area contributed by atoms with Crippen LogP contribution in [-0.4, -0.2) is 20.7 Å². The maximum Gasteiger partial charge on any atom is 0.339 e. The molecular weight excluding hydrogens is 224 g/mol. The van der Waals surface area contributed by atoms with Gasteiger partial charge < -0.3 is 4.74 Å². The van der Waals surface area contributed by atoms with Crippen molar-refractivity contribution in [1.29, 1.82) is 0 Å². The van der Waals surface area contributed by atoms with Crippen LogP contribution in [0.3, 0.4) is 0 Å². The van der Waals surface area contributed by atoms with Gasteiger partial charge in [0.1, 0.15) is 0 Å². The van der Waals surface area contributed by atoms with E-state index in [2.05, 4.69) is 25.0 Å². The van der Waals surface area contributed by atoms with Crippen molar-refractivity contribution >= 4 is 29.9 Å². The Morgan fingerprint density at radius 3 is 2.53 bits per heavy atom. The van der Waals surface area contributed by atoms with Crippen LogP contribution in [0.25, 0.3) is 0 Å². The summed E-state index contributed by atoms with van der Waals surface area (Å²) in [5.74, 6) is -0.159. The normalized spacial score (nSPS) is 11.5. The van der Waals surface area contributed by atoms with E-state index in [-0.39, 0.29) is 5.97 Å². The molecule has 2 nitrogen and oxygen atoms in total. The third kappa shape index (κ3) is 2.69. The Morgan fingerprint density at radius 2 is 2.07 bits per heavy atom. The zero-order chi connectivity index (χ0) is 11.6. The van der Waals surface area contributed by atoms with Crippen molar-refractivity contribution in [3.63, 3.8) is 0 Å². The van der Waals surface area contributed by atoms with Crippen molar-refractivity contribution in [2.75, 3.05) is 6.61 Å². The Labute approximate surface area is 96.3 Å². The Hall–Kier alpha value is -0.613. The lowest BCUT2D eigenvalue weighted by Crippen LogP contribution is -2.39. The summed E-state index contributed by atoms with van der Waals surface area (Å²) in [6.45, 7) is 11.0. The molecule has 0 aliphatic heterocycles. The molecule has 1 rings (SSSR count). The van der Waals surface area contributed by atoms with Crippen molar-refractivity contribution in [3.05, 3.63) is 16.5 Å². The highest BCUT2D eigenvalue weighted by atomic mass is 32.1. The summed E-state index contributed by atoms with van der Waals surface area (Å²) in [5.41, 5.74) is 1.87. The summed E-state index contributed by atoms with van der Waals surface area (Å²) in [7, 11) is -1.43. The number of aryl methyl sites for hydroxylation is 1. The summed E-state index contributed by atoms with van der Waals surface area (Å²) < 4.78 is 6.34. The minimum Gasteiger partial charge on any atom is -0.462 e. The summed E-state index contributed by atoms with van der Waals surface area (Å²) in [6.07, 6.45) is 0. The molecule has 0 N–H and O–H groups in total. The first-order valence-electron chi connectivity index (χ1n) is 5.13. The molecule has 4 heteroatoms. The molecule has 0 aliphatic rings. The van der Waals surface area contributed by atoms with Crippen LogP contribution in [0.4, 0.5) is 0 Å². The Bertz CT molecular complexity index is 363. The molecule has 84 valence electrons. The van der Waals surface area contributed by atoms with E-state index in [0.717, 1.165) is 11.1 Å². The molecule has 0 saturated heterocycles. The fourth-order valence-corrected chi connectivity index (χ4v) is 4.87. The number of hydrogen-bond donors (Lipinski definition) is 0. The highest BCUT2D eigenvalue weighted by Crippen LogP contribution is 2.18. The molecule has 1 aromatic heterocycles. The van der Waals surface area contributed by atoms with Gasteiger partial charge >= 0.3 is 5.97 Å². The lowest BCUT2D eigenvalue weighted by molar-refractivity contribution is 0.0527. The van der Waals surface area contributed by atoms with E-state index in [0.29, 0.717) is 6.61 Å². The van der Waals surface area contributed by atoms with Crippen LogP contribution in [-0.2, 0) is 4.74 Å². The molecule has 0 radical (unpaired) electrons. The summed E-state index contributed by atoms with van der Waals surface area (Å²) in [5, 5.41) is 2.06. The highest BCUT2D eigenvalue weighted by molar-refractivity contribution is 7.25. The van der Waals surface area contributed by atoms with Crippen LogP contribution in [0.15, 0.2) is 5.38 Å². The number of ether oxygens (including phenoxy) is 1. The standard InChI is InChI=1S/C11H18O2SSi/c1-6-13-10(12)9-8(2)7-14-11(9)15(3,4)5/h7H,6H2,1-5H3. The largest absolute Gasteiger partial charge is 0.462 e. The van der Waals surface area contributed by atoms with E-state index in [4.69, 9.17) is 4.74 Å². The summed E-state index contributed by atoms with van der Waals surface area (Å²) in [4.78, 5) is 11.8. The van der Waals surface area contributed by atoms with Crippen LogP contribution in [0, 0.1) is 6.92 Å². The maximum atomic E-state index is 11.8. The van der Waals surface area contributed by atoms with E-state index < -0.39 is 8.07 Å². The highest BCUT2D eigenvalue weighted by Gasteiger charge is 2.27. The second-order valence-corrected chi connectivity index (χ2v) is 10.8. The van der Waals surface area contributed by atoms with E-state index in [9.17, 15) is 4.79 Å². The number of esters is 1. The second-order valence-electron chi connectivity index (χ2n) is 4.59. The molecule has 0 fully saturated rings. The number of carbonyl (C=O) groups excluding carboxylic acids is 1. The quantitative estimate of drug-likeness (QED) is 0.602. The Balaban J connectivity index is 3.16. The average Bonchev–Trinajstić information content (AvgIpc) is 2.46. The summed E-state index contributed by atoms with van der Waals surface area (Å²) >= 11 is 1.70. The molecule has 0 bridgehead atoms. The van der Waals surface area contributed by atoms with Crippen molar-refractivity contribution in [3.8, 4) is 0 Å². The molecule has 0 unspecified atom stereocenters. The number of rotatable bonds is 3. The zero-order valence-corrected chi connectivity index (χ0v) is 11.8. The Morgan fingerprint density at radius 1 is 1.47 bits per heavy atom. The number of carbonyl (C=O) groups is 1. The third-order valence-electron chi connectivity index (χ3n) is 2.14. The molecule has 0 spiro atoms. The smallest absolute Gasteiger partial charge is 0.339 e. The first-order valence-corrected chi connectivity index (χ1v) is 9.51. The predicted molar refractivity (Wildman–Crippen MR) is 68.0 cm³/mol. The first kappa shape index (κ1) is 12.5. The molecule has 1 heterocycles. The van der Waals surface area contributed by atoms with Gasteiger partial charge in [-0.2, -0.15) is 11.3 Å². The van der Waals surface area contributed by atoms with Gasteiger partial charge in [0.05, 0.1) is 20.2 Å². The van der Waals surface area contributed by atoms with Gasteiger partial charge in [0.15, 0.2) is 0 Å². The van der Waals surface area contributed by atoms with Gasteiger partial charge in [-0.15, -0.1) is 0 Å². The molecule has 0 atom stereocenters. The fraction of sp³-hybridized carbons (Fsp3) is 0.545. The molecule has 0 saturated carbocycles. The molecule has 0 amide bonds. The monoisotopic (exact) mass is 242 g/mol. The second kappa shape index (κ2) is 4.49. The number of thiophene rings is 1. The lowest BCUT2D eigenvalue weighted by atomic mass is 10.2. The van der Waals surface area contributed by atoms with Gasteiger partial charge in [0.25, 0.3) is 0 Å². The van der Waals surface area contributed by atoms with Gasteiger partial charge in [0.2, 0.25) is 0 Å². The van der Waals surface area contributed by atoms with Crippen molar-refractivity contribution < 1.29 is 9.53 Å². The molecular formula is C11H18O2SSi. The van der Waals surface area contributed by atoms with Gasteiger partial charge in [-0.05, 0) is 24.8 Å². The minimum atomic E-state index is -1.43. The third-order valence-corrected chi connectivity index (χ3v) is 6.85. The van der Waals surface area contributed by atoms with Crippen LogP contribution in [0.5, 0.6) is 0 Å². The zero-order valence-electron chi connectivity index (χ0n) is 10.0. The van der Waals surface area contributed by atoms with E-state index in [1.807, 2.05) is 13.8 Å². The number of hydrogen-bond acceptors (Lipinski definition) is 3. The van der Waals surface area contributed by atoms with Crippen molar-refractivity contribution in [2.24, 2.45) is 0 Å². The molecule has 0 aromatic carbocycles. The van der Waals surface area contributed by atoms with Gasteiger partial charge in [-0.25, -0.2) is 4.79 Å². The maximum absolute atomic E-state index is 11.8. The predicted octanol–water partition coefficient (Wildman–Crippen LogP) is 2.78. The lowest BCUT2D eigenvalue weighted by Gasteiger charge is -2.16. The van der Waals surface area contributed by atoms with E-state index in [1.165, 1.54) is 4.50 Å². The minimum absolute atomic E-state index is 0.159. The van der Waals surface area contributed by atoms with Crippen LogP contribution in [0.2, 0.25) is 19.6 Å². The molecule has 1 aromatic rings. The van der Waals surface area contributed by atoms with Crippen molar-refractivity contribution in [2.45, 2.75) is 33.5 Å². The van der Waals surface area contributed by atoms with Crippen LogP contribution >= 0.6 is 11.3 Å². The average molecular weight is 242 g/mol. The molecule has 15 heavy (non-hydrogen) atoms. The Kier molecular flexibility index (Phi) is 3.73. The summed E-state index contributed by atoms with van der Waals surface area (Å²) in [6, 6.07) is 0. The fourth-order valence-electron chi connectivity index (χ4n) is 1.45. The van der Waals surface area contributed by atoms with Gasteiger partial charge in [0, 0.05) is 4.50 Å². The molecule has 0 aliphatic carbocycles. The van der Waals surface area contributed by atoms with E-state index in [1.54, 1.807) is 11.3 Å². The SMILES string of the molecule is CCOC(=O)c1c(C)csc1[Si](C)(C)C. The van der Waals surface area contributed by atoms with E-state index >= 15 is 0 Å². The van der Waals surface area contributed by atoms with Crippen LogP contribution in [0.1, 0.15) is 22.8 Å². The van der Waals surface area contributed by atoms with Gasteiger partial charge in [-0.3, -0.25) is 0 Å².